The Morgan fingerprint density at radius 1 is 1.32 bits per heavy atom. The highest BCUT2D eigenvalue weighted by Crippen LogP contribution is 2.52. The number of carbonyl (C=O) groups excluding carboxylic acids is 2. The zero-order valence-corrected chi connectivity index (χ0v) is 18.3. The number of rotatable bonds is 7. The van der Waals surface area contributed by atoms with Crippen LogP contribution in [0.15, 0.2) is 35.0 Å². The second kappa shape index (κ2) is 8.54. The molecule has 2 amide bonds. The molecule has 7 nitrogen and oxygen atoms in total. The highest BCUT2D eigenvalue weighted by Gasteiger charge is 2.50. The summed E-state index contributed by atoms with van der Waals surface area (Å²) in [5, 5.41) is 12.9. The van der Waals surface area contributed by atoms with Crippen LogP contribution in [0.2, 0.25) is 0 Å². The van der Waals surface area contributed by atoms with Crippen molar-refractivity contribution in [1.29, 1.82) is 0 Å². The number of piperidine rings is 1. The van der Waals surface area contributed by atoms with Crippen molar-refractivity contribution in [2.45, 2.75) is 56.4 Å². The fourth-order valence-electron chi connectivity index (χ4n) is 5.49. The normalized spacial score (nSPS) is 26.4. The molecule has 1 aliphatic heterocycles. The largest absolute Gasteiger partial charge is 0.508 e. The van der Waals surface area contributed by atoms with Crippen molar-refractivity contribution in [3.63, 3.8) is 0 Å². The first-order chi connectivity index (χ1) is 14.8. The highest BCUT2D eigenvalue weighted by molar-refractivity contribution is 5.89. The third-order valence-corrected chi connectivity index (χ3v) is 7.25. The fourth-order valence-corrected chi connectivity index (χ4v) is 5.49. The van der Waals surface area contributed by atoms with Gasteiger partial charge in [0, 0.05) is 49.8 Å². The summed E-state index contributed by atoms with van der Waals surface area (Å²) in [6, 6.07) is 5.55. The molecule has 1 heterocycles. The van der Waals surface area contributed by atoms with Crippen molar-refractivity contribution in [2.75, 3.05) is 27.2 Å². The second-order valence-electron chi connectivity index (χ2n) is 9.50. The van der Waals surface area contributed by atoms with Gasteiger partial charge in [0.1, 0.15) is 5.75 Å². The molecule has 2 aliphatic carbocycles. The monoisotopic (exact) mass is 425 g/mol. The van der Waals surface area contributed by atoms with Crippen LogP contribution in [0.25, 0.3) is 0 Å². The number of likely N-dealkylation sites (tertiary alicyclic amines) is 1. The molecule has 4 rings (SSSR count). The number of amides is 2. The van der Waals surface area contributed by atoms with Crippen LogP contribution < -0.4 is 0 Å². The molecule has 0 radical (unpaired) electrons. The Morgan fingerprint density at radius 3 is 2.77 bits per heavy atom. The summed E-state index contributed by atoms with van der Waals surface area (Å²) >= 11 is 0. The lowest BCUT2D eigenvalue weighted by molar-refractivity contribution is -0.128. The minimum absolute atomic E-state index is 0.0432. The van der Waals surface area contributed by atoms with E-state index < -0.39 is 11.3 Å². The summed E-state index contributed by atoms with van der Waals surface area (Å²) in [5.74, 6) is 0.223. The van der Waals surface area contributed by atoms with Crippen LogP contribution in [0, 0.1) is 10.8 Å². The lowest BCUT2D eigenvalue weighted by Gasteiger charge is -2.54. The van der Waals surface area contributed by atoms with Crippen molar-refractivity contribution < 1.29 is 14.7 Å². The van der Waals surface area contributed by atoms with E-state index in [4.69, 9.17) is 0 Å². The van der Waals surface area contributed by atoms with E-state index in [0.717, 1.165) is 37.1 Å². The zero-order valence-electron chi connectivity index (χ0n) is 18.3. The average molecular weight is 426 g/mol. The molecular weight excluding hydrogens is 394 g/mol. The van der Waals surface area contributed by atoms with Crippen LogP contribution in [-0.4, -0.2) is 59.9 Å². The molecule has 0 aromatic heterocycles. The molecule has 1 aromatic carbocycles. The van der Waals surface area contributed by atoms with Gasteiger partial charge in [-0.2, -0.15) is 0 Å². The van der Waals surface area contributed by atoms with Gasteiger partial charge in [0.25, 0.3) is 0 Å². The Balaban J connectivity index is 1.75. The van der Waals surface area contributed by atoms with Gasteiger partial charge in [-0.1, -0.05) is 6.07 Å². The van der Waals surface area contributed by atoms with Crippen molar-refractivity contribution in [3.8, 4) is 5.75 Å². The Bertz CT molecular complexity index is 921. The summed E-state index contributed by atoms with van der Waals surface area (Å²) in [5.41, 5.74) is 2.66. The predicted octanol–water partition coefficient (Wildman–Crippen LogP) is 3.15. The lowest BCUT2D eigenvalue weighted by atomic mass is 9.58. The van der Waals surface area contributed by atoms with E-state index in [1.54, 1.807) is 25.1 Å². The maximum atomic E-state index is 12.2. The van der Waals surface area contributed by atoms with Gasteiger partial charge in [0.05, 0.1) is 0 Å². The van der Waals surface area contributed by atoms with E-state index in [1.165, 1.54) is 24.5 Å². The first kappa shape index (κ1) is 21.7. The molecule has 3 aliphatic rings. The minimum Gasteiger partial charge on any atom is -0.508 e. The molecule has 1 unspecified atom stereocenters. The molecule has 2 fully saturated rings. The zero-order chi connectivity index (χ0) is 22.2. The number of carbonyl (C=O) groups is 2. The van der Waals surface area contributed by atoms with Gasteiger partial charge in [-0.15, -0.1) is 4.91 Å². The minimum atomic E-state index is -0.759. The molecule has 1 saturated carbocycles. The molecule has 166 valence electrons. The molecular formula is C24H31N3O4. The van der Waals surface area contributed by atoms with Crippen molar-refractivity contribution in [3.05, 3.63) is 45.9 Å². The maximum absolute atomic E-state index is 12.2. The Kier molecular flexibility index (Phi) is 5.97. The number of nitrogens with zero attached hydrogens (tertiary/aromatic N) is 3. The third-order valence-electron chi connectivity index (χ3n) is 7.25. The van der Waals surface area contributed by atoms with E-state index in [1.807, 2.05) is 12.1 Å². The smallest absolute Gasteiger partial charge is 0.309 e. The number of phenols is 1. The standard InChI is InChI=1S/C24H31N3O4/c1-26(2)23(30)4-3-9-24-10-11-27(15-16-5-6-16)21(20(24)14-22(29)25-31)12-17-7-8-18(28)13-19(17)24/h7-8,13-14,16,21,28H,3-6,9-12,15H2,1-2H3/b20-14+/t21?,24-/m0/s1. The van der Waals surface area contributed by atoms with Crippen LogP contribution in [0.3, 0.4) is 0 Å². The second-order valence-corrected chi connectivity index (χ2v) is 9.50. The van der Waals surface area contributed by atoms with E-state index >= 15 is 0 Å². The molecule has 1 saturated heterocycles. The number of aromatic hydroxyl groups is 1. The van der Waals surface area contributed by atoms with Gasteiger partial charge < -0.3 is 10.0 Å². The highest BCUT2D eigenvalue weighted by atomic mass is 16.3. The summed E-state index contributed by atoms with van der Waals surface area (Å²) in [6.07, 6.45) is 7.26. The van der Waals surface area contributed by atoms with Crippen LogP contribution in [-0.2, 0) is 21.4 Å². The number of fused-ring (bicyclic) bond motifs is 4. The molecule has 0 spiro atoms. The number of hydrogen-bond donors (Lipinski definition) is 1. The number of nitroso groups, excluding NO2 is 1. The fraction of sp³-hybridized carbons (Fsp3) is 0.583. The van der Waals surface area contributed by atoms with Gasteiger partial charge >= 0.3 is 5.91 Å². The van der Waals surface area contributed by atoms with E-state index in [0.29, 0.717) is 25.2 Å². The lowest BCUT2D eigenvalue weighted by Crippen LogP contribution is -2.55. The van der Waals surface area contributed by atoms with Gasteiger partial charge in [-0.05, 0) is 79.8 Å². The molecule has 2 bridgehead atoms. The van der Waals surface area contributed by atoms with Crippen LogP contribution in [0.5, 0.6) is 5.75 Å². The Labute approximate surface area is 183 Å². The third kappa shape index (κ3) is 4.28. The molecule has 1 N–H and O–H groups in total. The first-order valence-corrected chi connectivity index (χ1v) is 11.2. The van der Waals surface area contributed by atoms with Gasteiger partial charge in [-0.25, -0.2) is 0 Å². The number of phenolic OH excluding ortho intramolecular Hbond substituents is 1. The first-order valence-electron chi connectivity index (χ1n) is 11.2. The van der Waals surface area contributed by atoms with Crippen LogP contribution in [0.1, 0.15) is 49.7 Å². The Hall–Kier alpha value is -2.54. The molecule has 2 atom stereocenters. The summed E-state index contributed by atoms with van der Waals surface area (Å²) in [6.45, 7) is 1.91. The van der Waals surface area contributed by atoms with Gasteiger partial charge in [-0.3, -0.25) is 14.5 Å². The summed E-state index contributed by atoms with van der Waals surface area (Å²) < 4.78 is 0. The van der Waals surface area contributed by atoms with Gasteiger partial charge in [0.15, 0.2) is 0 Å². The average Bonchev–Trinajstić information content (AvgIpc) is 3.55. The van der Waals surface area contributed by atoms with Crippen LogP contribution in [0.4, 0.5) is 0 Å². The SMILES string of the molecule is CN(C)C(=O)CCC[C@]12CCN(CC3CC3)C(Cc3ccc(O)cc31)/C2=C\C(=O)N=O. The topological polar surface area (TPSA) is 90.3 Å². The molecule has 7 heteroatoms. The van der Waals surface area contributed by atoms with Crippen molar-refractivity contribution in [1.82, 2.24) is 9.80 Å². The van der Waals surface area contributed by atoms with E-state index in [2.05, 4.69) is 10.1 Å². The molecule has 1 aromatic rings. The quantitative estimate of drug-likeness (QED) is 0.535. The predicted molar refractivity (Wildman–Crippen MR) is 118 cm³/mol. The van der Waals surface area contributed by atoms with E-state index in [-0.39, 0.29) is 17.7 Å². The number of benzene rings is 1. The molecule has 31 heavy (non-hydrogen) atoms. The van der Waals surface area contributed by atoms with E-state index in [9.17, 15) is 19.6 Å². The maximum Gasteiger partial charge on any atom is 0.309 e. The Morgan fingerprint density at radius 2 is 2.10 bits per heavy atom. The van der Waals surface area contributed by atoms with Crippen LogP contribution >= 0.6 is 0 Å². The van der Waals surface area contributed by atoms with Crippen molar-refractivity contribution in [2.24, 2.45) is 11.1 Å². The number of hydrogen-bond acceptors (Lipinski definition) is 5. The van der Waals surface area contributed by atoms with Gasteiger partial charge in [0.2, 0.25) is 5.91 Å². The van der Waals surface area contributed by atoms with Crippen molar-refractivity contribution >= 4 is 11.8 Å². The summed E-state index contributed by atoms with van der Waals surface area (Å²) in [4.78, 5) is 39.4. The summed E-state index contributed by atoms with van der Waals surface area (Å²) in [7, 11) is 3.50.